The summed E-state index contributed by atoms with van der Waals surface area (Å²) in [4.78, 5) is 22.9. The van der Waals surface area contributed by atoms with E-state index in [-0.39, 0.29) is 18.0 Å². The first-order valence-electron chi connectivity index (χ1n) is 7.22. The summed E-state index contributed by atoms with van der Waals surface area (Å²) in [5, 5.41) is 14.5. The molecule has 5 nitrogen and oxygen atoms in total. The number of hydrogen-bond acceptors (Lipinski definition) is 2. The molecule has 0 spiro atoms. The highest BCUT2D eigenvalue weighted by molar-refractivity contribution is 5.82. The fraction of sp³-hybridized carbons (Fsp3) is 0.857. The van der Waals surface area contributed by atoms with E-state index >= 15 is 0 Å². The number of amides is 2. The molecule has 1 saturated carbocycles. The average Bonchev–Trinajstić information content (AvgIpc) is 3.10. The van der Waals surface area contributed by atoms with Gasteiger partial charge in [0, 0.05) is 6.04 Å². The lowest BCUT2D eigenvalue weighted by Gasteiger charge is -2.21. The number of aliphatic carboxylic acids is 1. The molecule has 0 aromatic carbocycles. The summed E-state index contributed by atoms with van der Waals surface area (Å²) < 4.78 is 0. The topological polar surface area (TPSA) is 78.4 Å². The van der Waals surface area contributed by atoms with Gasteiger partial charge in [-0.2, -0.15) is 0 Å². The van der Waals surface area contributed by atoms with Crippen molar-refractivity contribution in [2.45, 2.75) is 65.0 Å². The number of carbonyl (C=O) groups is 2. The predicted octanol–water partition coefficient (Wildman–Crippen LogP) is 2.36. The molecular weight excluding hydrogens is 244 g/mol. The molecule has 1 aliphatic rings. The van der Waals surface area contributed by atoms with Crippen molar-refractivity contribution in [2.75, 3.05) is 0 Å². The normalized spacial score (nSPS) is 17.9. The molecule has 1 aliphatic carbocycles. The van der Waals surface area contributed by atoms with Gasteiger partial charge >= 0.3 is 12.0 Å². The molecule has 2 unspecified atom stereocenters. The van der Waals surface area contributed by atoms with Crippen LogP contribution in [0.15, 0.2) is 0 Å². The van der Waals surface area contributed by atoms with E-state index in [1.165, 1.54) is 12.8 Å². The Morgan fingerprint density at radius 3 is 2.32 bits per heavy atom. The summed E-state index contributed by atoms with van der Waals surface area (Å²) >= 11 is 0. The average molecular weight is 270 g/mol. The number of carboxylic acid groups (broad SMARTS) is 1. The smallest absolute Gasteiger partial charge is 0.326 e. The van der Waals surface area contributed by atoms with Crippen LogP contribution < -0.4 is 10.6 Å². The number of rotatable bonds is 8. The quantitative estimate of drug-likeness (QED) is 0.633. The maximum Gasteiger partial charge on any atom is 0.326 e. The van der Waals surface area contributed by atoms with Crippen LogP contribution in [-0.2, 0) is 4.79 Å². The Balaban J connectivity index is 2.39. The van der Waals surface area contributed by atoms with Crippen LogP contribution in [0, 0.1) is 11.8 Å². The molecule has 1 fully saturated rings. The van der Waals surface area contributed by atoms with Gasteiger partial charge in [-0.05, 0) is 31.1 Å². The number of carbonyl (C=O) groups excluding carboxylic acids is 1. The van der Waals surface area contributed by atoms with E-state index in [2.05, 4.69) is 10.6 Å². The Labute approximate surface area is 115 Å². The molecular formula is C14H26N2O3. The zero-order valence-corrected chi connectivity index (χ0v) is 12.1. The van der Waals surface area contributed by atoms with E-state index in [1.54, 1.807) is 0 Å². The van der Waals surface area contributed by atoms with Gasteiger partial charge in [0.1, 0.15) is 6.04 Å². The van der Waals surface area contributed by atoms with E-state index in [4.69, 9.17) is 5.11 Å². The standard InChI is InChI=1S/C14H26N2O3/c1-4-11(8-10-5-6-10)15-14(19)16-12(13(17)18)7-9(2)3/h9-12H,4-8H2,1-3H3,(H,17,18)(H2,15,16,19). The summed E-state index contributed by atoms with van der Waals surface area (Å²) in [6.07, 6.45) is 4.84. The Morgan fingerprint density at radius 2 is 1.89 bits per heavy atom. The Morgan fingerprint density at radius 1 is 1.26 bits per heavy atom. The first-order valence-corrected chi connectivity index (χ1v) is 7.22. The van der Waals surface area contributed by atoms with Crippen LogP contribution in [0.5, 0.6) is 0 Å². The van der Waals surface area contributed by atoms with Crippen molar-refractivity contribution in [3.63, 3.8) is 0 Å². The molecule has 0 aromatic rings. The van der Waals surface area contributed by atoms with E-state index in [0.29, 0.717) is 6.42 Å². The Kier molecular flexibility index (Phi) is 6.12. The minimum Gasteiger partial charge on any atom is -0.480 e. The molecule has 2 atom stereocenters. The maximum absolute atomic E-state index is 11.8. The van der Waals surface area contributed by atoms with Crippen LogP contribution in [-0.4, -0.2) is 29.2 Å². The number of hydrogen-bond donors (Lipinski definition) is 3. The number of nitrogens with one attached hydrogen (secondary N) is 2. The summed E-state index contributed by atoms with van der Waals surface area (Å²) in [6.45, 7) is 5.92. The summed E-state index contributed by atoms with van der Waals surface area (Å²) in [5.74, 6) is 0.00473. The van der Waals surface area contributed by atoms with E-state index in [1.807, 2.05) is 20.8 Å². The number of urea groups is 1. The second-order valence-corrected chi connectivity index (χ2v) is 5.92. The Hall–Kier alpha value is -1.26. The minimum absolute atomic E-state index is 0.154. The first kappa shape index (κ1) is 15.8. The molecule has 0 aliphatic heterocycles. The third-order valence-corrected chi connectivity index (χ3v) is 3.45. The van der Waals surface area contributed by atoms with Gasteiger partial charge in [-0.3, -0.25) is 0 Å². The molecule has 3 N–H and O–H groups in total. The highest BCUT2D eigenvalue weighted by Gasteiger charge is 2.26. The summed E-state index contributed by atoms with van der Waals surface area (Å²) in [5.41, 5.74) is 0. The van der Waals surface area contributed by atoms with E-state index in [0.717, 1.165) is 18.8 Å². The van der Waals surface area contributed by atoms with Gasteiger partial charge in [-0.15, -0.1) is 0 Å². The van der Waals surface area contributed by atoms with Gasteiger partial charge in [-0.1, -0.05) is 33.6 Å². The zero-order valence-electron chi connectivity index (χ0n) is 12.1. The van der Waals surface area contributed by atoms with Crippen molar-refractivity contribution >= 4 is 12.0 Å². The van der Waals surface area contributed by atoms with Crippen LogP contribution in [0.4, 0.5) is 4.79 Å². The predicted molar refractivity (Wildman–Crippen MR) is 74.0 cm³/mol. The summed E-state index contributed by atoms with van der Waals surface area (Å²) in [7, 11) is 0. The molecule has 1 rings (SSSR count). The zero-order chi connectivity index (χ0) is 14.4. The highest BCUT2D eigenvalue weighted by atomic mass is 16.4. The van der Waals surface area contributed by atoms with Crippen LogP contribution in [0.3, 0.4) is 0 Å². The lowest BCUT2D eigenvalue weighted by molar-refractivity contribution is -0.139. The van der Waals surface area contributed by atoms with Gasteiger partial charge in [0.2, 0.25) is 0 Å². The Bertz CT molecular complexity index is 314. The molecule has 0 saturated heterocycles. The molecule has 0 aromatic heterocycles. The van der Waals surface area contributed by atoms with Crippen LogP contribution in [0.25, 0.3) is 0 Å². The lowest BCUT2D eigenvalue weighted by Crippen LogP contribution is -2.49. The van der Waals surface area contributed by atoms with E-state index < -0.39 is 12.0 Å². The van der Waals surface area contributed by atoms with Crippen molar-refractivity contribution < 1.29 is 14.7 Å². The fourth-order valence-electron chi connectivity index (χ4n) is 2.16. The first-order chi connectivity index (χ1) is 8.92. The second-order valence-electron chi connectivity index (χ2n) is 5.92. The molecule has 110 valence electrons. The second kappa shape index (κ2) is 7.36. The van der Waals surface area contributed by atoms with Gasteiger partial charge in [0.15, 0.2) is 0 Å². The maximum atomic E-state index is 11.8. The van der Waals surface area contributed by atoms with Crippen molar-refractivity contribution in [1.29, 1.82) is 0 Å². The fourth-order valence-corrected chi connectivity index (χ4v) is 2.16. The van der Waals surface area contributed by atoms with Crippen LogP contribution >= 0.6 is 0 Å². The van der Waals surface area contributed by atoms with Gasteiger partial charge in [-0.25, -0.2) is 9.59 Å². The van der Waals surface area contributed by atoms with Crippen molar-refractivity contribution in [3.05, 3.63) is 0 Å². The lowest BCUT2D eigenvalue weighted by atomic mass is 10.0. The van der Waals surface area contributed by atoms with Crippen molar-refractivity contribution in [3.8, 4) is 0 Å². The highest BCUT2D eigenvalue weighted by Crippen LogP contribution is 2.33. The van der Waals surface area contributed by atoms with Crippen molar-refractivity contribution in [1.82, 2.24) is 10.6 Å². The SMILES string of the molecule is CCC(CC1CC1)NC(=O)NC(CC(C)C)C(=O)O. The molecule has 0 bridgehead atoms. The summed E-state index contributed by atoms with van der Waals surface area (Å²) in [6, 6.07) is -1.01. The third-order valence-electron chi connectivity index (χ3n) is 3.45. The largest absolute Gasteiger partial charge is 0.480 e. The van der Waals surface area contributed by atoms with Crippen LogP contribution in [0.1, 0.15) is 52.9 Å². The minimum atomic E-state index is -0.973. The third kappa shape index (κ3) is 6.45. The molecule has 5 heteroatoms. The monoisotopic (exact) mass is 270 g/mol. The van der Waals surface area contributed by atoms with Gasteiger partial charge in [0.05, 0.1) is 0 Å². The van der Waals surface area contributed by atoms with Crippen molar-refractivity contribution in [2.24, 2.45) is 11.8 Å². The van der Waals surface area contributed by atoms with Gasteiger partial charge in [0.25, 0.3) is 0 Å². The van der Waals surface area contributed by atoms with E-state index in [9.17, 15) is 9.59 Å². The molecule has 0 radical (unpaired) electrons. The molecule has 0 heterocycles. The van der Waals surface area contributed by atoms with Gasteiger partial charge < -0.3 is 15.7 Å². The molecule has 2 amide bonds. The number of carboxylic acids is 1. The van der Waals surface area contributed by atoms with Crippen LogP contribution in [0.2, 0.25) is 0 Å². The molecule has 19 heavy (non-hydrogen) atoms.